The van der Waals surface area contributed by atoms with Crippen molar-refractivity contribution in [2.24, 2.45) is 11.3 Å². The molecule has 0 spiro atoms. The van der Waals surface area contributed by atoms with E-state index in [1.54, 1.807) is 24.3 Å². The van der Waals surface area contributed by atoms with Crippen LogP contribution >= 0.6 is 46.3 Å². The fourth-order valence-electron chi connectivity index (χ4n) is 4.40. The number of amides is 1. The highest BCUT2D eigenvalue weighted by molar-refractivity contribution is 7.99. The van der Waals surface area contributed by atoms with Crippen molar-refractivity contribution in [2.45, 2.75) is 58.3 Å². The number of anilines is 1. The Morgan fingerprint density at radius 1 is 1.39 bits per heavy atom. The first-order valence-electron chi connectivity index (χ1n) is 12.2. The second-order valence-electron chi connectivity index (χ2n) is 10.1. The number of halogens is 2. The van der Waals surface area contributed by atoms with Gasteiger partial charge in [0.05, 0.1) is 16.3 Å². The Morgan fingerprint density at radius 3 is 2.89 bits per heavy atom. The molecule has 0 radical (unpaired) electrons. The normalized spacial score (nSPS) is 15.0. The second kappa shape index (κ2) is 12.1. The molecular formula is C27H29Cl2N5O2S2. The number of nitrogens with zero attached hydrogens (tertiary/aromatic N) is 4. The minimum atomic E-state index is -0.200. The Labute approximate surface area is 241 Å². The summed E-state index contributed by atoms with van der Waals surface area (Å²) in [6, 6.07) is 7.31. The number of hydrogen-bond donors (Lipinski definition) is 1. The van der Waals surface area contributed by atoms with Gasteiger partial charge in [-0.2, -0.15) is 5.26 Å². The van der Waals surface area contributed by atoms with Crippen LogP contribution in [0.5, 0.6) is 5.75 Å². The summed E-state index contributed by atoms with van der Waals surface area (Å²) < 4.78 is 7.64. The fraction of sp³-hybridized carbons (Fsp3) is 0.407. The molecule has 1 aliphatic carbocycles. The fourth-order valence-corrected chi connectivity index (χ4v) is 6.79. The number of allylic oxidation sites excluding steroid dienone is 1. The maximum atomic E-state index is 12.9. The number of ether oxygens (including phenoxy) is 1. The first kappa shape index (κ1) is 28.5. The lowest BCUT2D eigenvalue weighted by molar-refractivity contribution is -0.113. The van der Waals surface area contributed by atoms with E-state index < -0.39 is 0 Å². The van der Waals surface area contributed by atoms with Gasteiger partial charge in [-0.1, -0.05) is 61.8 Å². The van der Waals surface area contributed by atoms with Crippen LogP contribution in [-0.2, 0) is 30.8 Å². The van der Waals surface area contributed by atoms with E-state index in [0.29, 0.717) is 49.8 Å². The highest BCUT2D eigenvalue weighted by Gasteiger charge is 2.32. The molecule has 0 bridgehead atoms. The molecule has 1 aliphatic rings. The molecule has 11 heteroatoms. The molecule has 4 rings (SSSR count). The van der Waals surface area contributed by atoms with Gasteiger partial charge in [0, 0.05) is 22.5 Å². The van der Waals surface area contributed by atoms with Crippen LogP contribution in [0.3, 0.4) is 0 Å². The number of rotatable bonds is 9. The van der Waals surface area contributed by atoms with Crippen LogP contribution in [0.2, 0.25) is 10.0 Å². The number of carbonyl (C=O) groups is 1. The van der Waals surface area contributed by atoms with Crippen molar-refractivity contribution in [3.8, 4) is 11.8 Å². The number of aromatic nitrogens is 3. The molecule has 7 nitrogen and oxygen atoms in total. The van der Waals surface area contributed by atoms with Gasteiger partial charge >= 0.3 is 0 Å². The number of thioether (sulfide) groups is 1. The molecule has 0 aliphatic heterocycles. The van der Waals surface area contributed by atoms with Gasteiger partial charge in [-0.25, -0.2) is 0 Å². The summed E-state index contributed by atoms with van der Waals surface area (Å²) in [6.07, 6.45) is 4.60. The number of thiophene rings is 1. The van der Waals surface area contributed by atoms with E-state index in [1.807, 2.05) is 4.57 Å². The zero-order valence-corrected chi connectivity index (χ0v) is 24.7. The van der Waals surface area contributed by atoms with E-state index >= 15 is 0 Å². The zero-order chi connectivity index (χ0) is 27.4. The molecular weight excluding hydrogens is 561 g/mol. The molecule has 0 saturated heterocycles. The lowest BCUT2D eigenvalue weighted by Crippen LogP contribution is -2.26. The van der Waals surface area contributed by atoms with E-state index in [9.17, 15) is 10.1 Å². The topological polar surface area (TPSA) is 92.8 Å². The van der Waals surface area contributed by atoms with Crippen molar-refractivity contribution < 1.29 is 9.53 Å². The van der Waals surface area contributed by atoms with Crippen LogP contribution in [-0.4, -0.2) is 26.4 Å². The van der Waals surface area contributed by atoms with Crippen LogP contribution in [0.4, 0.5) is 5.00 Å². The van der Waals surface area contributed by atoms with E-state index in [4.69, 9.17) is 27.9 Å². The van der Waals surface area contributed by atoms with Crippen molar-refractivity contribution in [1.82, 2.24) is 14.8 Å². The third kappa shape index (κ3) is 6.55. The second-order valence-corrected chi connectivity index (χ2v) is 13.0. The van der Waals surface area contributed by atoms with Crippen LogP contribution in [0.25, 0.3) is 0 Å². The Morgan fingerprint density at radius 2 is 2.18 bits per heavy atom. The van der Waals surface area contributed by atoms with E-state index in [-0.39, 0.29) is 23.7 Å². The summed E-state index contributed by atoms with van der Waals surface area (Å²) in [4.78, 5) is 14.1. The molecule has 1 atom stereocenters. The standard InChI is InChI=1S/C27H29Cl2N5O2S2/c1-5-10-34-23(14-36-21-12-17(28)7-9-20(21)29)32-33-26(34)37-15-24(35)31-25-19(13-30)18-8-6-16(27(2,3)4)11-22(18)38-25/h5,7,9,12,16H,1,6,8,10-11,14-15H2,2-4H3,(H,31,35). The number of benzene rings is 1. The molecule has 3 aromatic rings. The van der Waals surface area contributed by atoms with Gasteiger partial charge in [0.15, 0.2) is 11.0 Å². The summed E-state index contributed by atoms with van der Waals surface area (Å²) in [7, 11) is 0. The van der Waals surface area contributed by atoms with Gasteiger partial charge < -0.3 is 10.1 Å². The van der Waals surface area contributed by atoms with Crippen molar-refractivity contribution in [3.05, 3.63) is 62.7 Å². The number of nitriles is 1. The number of fused-ring (bicyclic) bond motifs is 1. The molecule has 2 aromatic heterocycles. The monoisotopic (exact) mass is 589 g/mol. The molecule has 1 N–H and O–H groups in total. The summed E-state index contributed by atoms with van der Waals surface area (Å²) in [5, 5.41) is 23.4. The van der Waals surface area contributed by atoms with Crippen molar-refractivity contribution in [1.29, 1.82) is 5.26 Å². The van der Waals surface area contributed by atoms with Gasteiger partial charge in [0.25, 0.3) is 0 Å². The number of carbonyl (C=O) groups excluding carboxylic acids is 1. The highest BCUT2D eigenvalue weighted by Crippen LogP contribution is 2.44. The van der Waals surface area contributed by atoms with Gasteiger partial charge in [0.1, 0.15) is 23.4 Å². The molecule has 1 aromatic carbocycles. The summed E-state index contributed by atoms with van der Waals surface area (Å²) >= 11 is 15.0. The van der Waals surface area contributed by atoms with Crippen molar-refractivity contribution in [2.75, 3.05) is 11.1 Å². The van der Waals surface area contributed by atoms with E-state index in [0.717, 1.165) is 24.8 Å². The largest absolute Gasteiger partial charge is 0.484 e. The quantitative estimate of drug-likeness (QED) is 0.210. The maximum Gasteiger partial charge on any atom is 0.235 e. The average molecular weight is 591 g/mol. The van der Waals surface area contributed by atoms with E-state index in [1.165, 1.54) is 28.0 Å². The lowest BCUT2D eigenvalue weighted by Gasteiger charge is -2.33. The molecule has 0 saturated carbocycles. The van der Waals surface area contributed by atoms with Crippen LogP contribution in [0, 0.1) is 22.7 Å². The van der Waals surface area contributed by atoms with Gasteiger partial charge in [-0.3, -0.25) is 9.36 Å². The third-order valence-electron chi connectivity index (χ3n) is 6.54. The zero-order valence-electron chi connectivity index (χ0n) is 21.5. The molecule has 200 valence electrons. The molecule has 0 fully saturated rings. The van der Waals surface area contributed by atoms with Crippen molar-refractivity contribution in [3.63, 3.8) is 0 Å². The van der Waals surface area contributed by atoms with E-state index in [2.05, 4.69) is 48.9 Å². The first-order valence-corrected chi connectivity index (χ1v) is 14.7. The lowest BCUT2D eigenvalue weighted by atomic mass is 9.72. The van der Waals surface area contributed by atoms with Gasteiger partial charge in [-0.05, 0) is 48.3 Å². The molecule has 2 heterocycles. The summed E-state index contributed by atoms with van der Waals surface area (Å²) in [5.74, 6) is 1.49. The molecule has 1 unspecified atom stereocenters. The number of nitrogens with one attached hydrogen (secondary N) is 1. The smallest absolute Gasteiger partial charge is 0.235 e. The molecule has 38 heavy (non-hydrogen) atoms. The van der Waals surface area contributed by atoms with Crippen LogP contribution in [0.1, 0.15) is 49.0 Å². The first-order chi connectivity index (χ1) is 18.1. The Kier molecular flexibility index (Phi) is 9.09. The average Bonchev–Trinajstić information content (AvgIpc) is 3.42. The van der Waals surface area contributed by atoms with Gasteiger partial charge in [-0.15, -0.1) is 28.1 Å². The van der Waals surface area contributed by atoms with Gasteiger partial charge in [0.2, 0.25) is 5.91 Å². The Bertz CT molecular complexity index is 1390. The number of hydrogen-bond acceptors (Lipinski definition) is 7. The third-order valence-corrected chi connectivity index (χ3v) is 9.23. The summed E-state index contributed by atoms with van der Waals surface area (Å²) in [5.41, 5.74) is 1.90. The minimum absolute atomic E-state index is 0.119. The Hall–Kier alpha value is -2.51. The predicted octanol–water partition coefficient (Wildman–Crippen LogP) is 7.16. The minimum Gasteiger partial charge on any atom is -0.484 e. The summed E-state index contributed by atoms with van der Waals surface area (Å²) in [6.45, 7) is 11.2. The van der Waals surface area contributed by atoms with Crippen LogP contribution < -0.4 is 10.1 Å². The SMILES string of the molecule is C=CCn1c(COc2cc(Cl)ccc2Cl)nnc1SCC(=O)Nc1sc2c(c1C#N)CCC(C(C)(C)C)C2. The predicted molar refractivity (Wildman–Crippen MR) is 154 cm³/mol. The van der Waals surface area contributed by atoms with Crippen LogP contribution in [0.15, 0.2) is 36.0 Å². The maximum absolute atomic E-state index is 12.9. The Balaban J connectivity index is 1.41. The molecule has 1 amide bonds. The highest BCUT2D eigenvalue weighted by atomic mass is 35.5. The van der Waals surface area contributed by atoms with Crippen molar-refractivity contribution >= 4 is 57.2 Å².